The van der Waals surface area contributed by atoms with Crippen LogP contribution in [0, 0.1) is 0 Å². The fourth-order valence-corrected chi connectivity index (χ4v) is 2.90. The van der Waals surface area contributed by atoms with Crippen molar-refractivity contribution in [1.82, 2.24) is 5.32 Å². The van der Waals surface area contributed by atoms with Crippen LogP contribution in [0.4, 0.5) is 8.78 Å². The van der Waals surface area contributed by atoms with Gasteiger partial charge in [-0.15, -0.1) is 0 Å². The predicted octanol–water partition coefficient (Wildman–Crippen LogP) is 3.69. The van der Waals surface area contributed by atoms with Gasteiger partial charge in [-0.2, -0.15) is 8.78 Å². The highest BCUT2D eigenvalue weighted by molar-refractivity contribution is 6.38. The molecule has 1 atom stereocenters. The van der Waals surface area contributed by atoms with E-state index in [0.717, 1.165) is 25.6 Å². The smallest absolute Gasteiger partial charge is 0.286 e. The average molecular weight is 289 g/mol. The van der Waals surface area contributed by atoms with Crippen molar-refractivity contribution >= 4 is 12.9 Å². The Labute approximate surface area is 126 Å². The van der Waals surface area contributed by atoms with Crippen molar-refractivity contribution in [2.45, 2.75) is 44.9 Å². The van der Waals surface area contributed by atoms with E-state index in [1.807, 2.05) is 13.0 Å². The maximum Gasteiger partial charge on any atom is 0.286 e. The van der Waals surface area contributed by atoms with Crippen LogP contribution in [0.3, 0.4) is 0 Å². The molecule has 0 aromatic heterocycles. The summed E-state index contributed by atoms with van der Waals surface area (Å²) in [6, 6.07) is 6.18. The van der Waals surface area contributed by atoms with Crippen LogP contribution >= 0.6 is 0 Å². The minimum absolute atomic E-state index is 0.0304. The van der Waals surface area contributed by atoms with Crippen LogP contribution in [0.1, 0.15) is 37.0 Å². The first-order valence-electron chi connectivity index (χ1n) is 7.45. The third-order valence-electron chi connectivity index (χ3n) is 4.21. The maximum atomic E-state index is 13.6. The van der Waals surface area contributed by atoms with Crippen molar-refractivity contribution in [3.63, 3.8) is 0 Å². The highest BCUT2D eigenvalue weighted by Crippen LogP contribution is 2.28. The second-order valence-corrected chi connectivity index (χ2v) is 5.84. The van der Waals surface area contributed by atoms with E-state index in [-0.39, 0.29) is 18.1 Å². The van der Waals surface area contributed by atoms with E-state index < -0.39 is 5.92 Å². The molecule has 0 fully saturated rings. The Morgan fingerprint density at radius 3 is 2.76 bits per heavy atom. The standard InChI is InChI=1S/C17H22BF2N/c1-5-17(19,20)12(4)21-16-9-13-7-6-8-14(11(2)3)15(13)10-18-16/h6-8,16,18,21H,2,4-5,9-10H2,1,3H3. The molecule has 0 amide bonds. The third-order valence-corrected chi connectivity index (χ3v) is 4.21. The number of benzene rings is 1. The molecule has 0 spiro atoms. The van der Waals surface area contributed by atoms with Gasteiger partial charge in [-0.3, -0.25) is 0 Å². The zero-order chi connectivity index (χ0) is 15.6. The summed E-state index contributed by atoms with van der Waals surface area (Å²) in [7, 11) is 0.843. The minimum Gasteiger partial charge on any atom is -0.389 e. The second-order valence-electron chi connectivity index (χ2n) is 5.84. The Hall–Kier alpha value is -1.58. The molecule has 1 heterocycles. The van der Waals surface area contributed by atoms with Crippen molar-refractivity contribution < 1.29 is 8.78 Å². The van der Waals surface area contributed by atoms with E-state index in [9.17, 15) is 8.78 Å². The second kappa shape index (κ2) is 6.04. The number of rotatable bonds is 5. The van der Waals surface area contributed by atoms with Crippen LogP contribution in [-0.2, 0) is 12.7 Å². The van der Waals surface area contributed by atoms with Gasteiger partial charge in [0.1, 0.15) is 0 Å². The molecule has 2 rings (SSSR count). The van der Waals surface area contributed by atoms with Crippen LogP contribution < -0.4 is 5.32 Å². The Morgan fingerprint density at radius 1 is 1.43 bits per heavy atom. The van der Waals surface area contributed by atoms with E-state index in [2.05, 4.69) is 30.6 Å². The van der Waals surface area contributed by atoms with Gasteiger partial charge in [0.05, 0.1) is 5.70 Å². The molecule has 4 heteroatoms. The summed E-state index contributed by atoms with van der Waals surface area (Å²) in [5.41, 5.74) is 4.64. The molecule has 1 N–H and O–H groups in total. The molecule has 1 aliphatic heterocycles. The summed E-state index contributed by atoms with van der Waals surface area (Å²) in [5, 5.41) is 2.93. The molecule has 0 aliphatic carbocycles. The number of fused-ring (bicyclic) bond motifs is 1. The van der Waals surface area contributed by atoms with E-state index in [1.165, 1.54) is 23.6 Å². The van der Waals surface area contributed by atoms with Crippen LogP contribution in [0.15, 0.2) is 37.1 Å². The van der Waals surface area contributed by atoms with Crippen LogP contribution in [0.5, 0.6) is 0 Å². The van der Waals surface area contributed by atoms with Gasteiger partial charge in [0.2, 0.25) is 0 Å². The molecule has 0 saturated carbocycles. The number of hydrogen-bond acceptors (Lipinski definition) is 1. The summed E-state index contributed by atoms with van der Waals surface area (Å²) >= 11 is 0. The highest BCUT2D eigenvalue weighted by Gasteiger charge is 2.32. The van der Waals surface area contributed by atoms with Crippen LogP contribution in [0.2, 0.25) is 0 Å². The maximum absolute atomic E-state index is 13.6. The molecular formula is C17H22BF2N. The minimum atomic E-state index is -2.83. The molecule has 1 aliphatic rings. The lowest BCUT2D eigenvalue weighted by Crippen LogP contribution is -2.44. The Bertz CT molecular complexity index is 566. The van der Waals surface area contributed by atoms with Gasteiger partial charge in [0.25, 0.3) is 5.92 Å². The van der Waals surface area contributed by atoms with Gasteiger partial charge in [-0.05, 0) is 36.4 Å². The monoisotopic (exact) mass is 289 g/mol. The molecule has 1 aromatic carbocycles. The summed E-state index contributed by atoms with van der Waals surface area (Å²) in [6.07, 6.45) is 1.43. The highest BCUT2D eigenvalue weighted by atomic mass is 19.3. The summed E-state index contributed by atoms with van der Waals surface area (Å²) in [6.45, 7) is 11.0. The molecule has 1 nitrogen and oxygen atoms in total. The van der Waals surface area contributed by atoms with Crippen LogP contribution in [0.25, 0.3) is 5.57 Å². The zero-order valence-electron chi connectivity index (χ0n) is 12.8. The van der Waals surface area contributed by atoms with Gasteiger partial charge in [-0.1, -0.05) is 43.9 Å². The van der Waals surface area contributed by atoms with Crippen molar-refractivity contribution in [3.8, 4) is 0 Å². The normalized spacial score (nSPS) is 17.6. The molecule has 0 radical (unpaired) electrons. The first kappa shape index (κ1) is 15.8. The largest absolute Gasteiger partial charge is 0.389 e. The lowest BCUT2D eigenvalue weighted by atomic mass is 9.57. The van der Waals surface area contributed by atoms with Gasteiger partial charge in [0, 0.05) is 12.4 Å². The summed E-state index contributed by atoms with van der Waals surface area (Å²) in [4.78, 5) is 0. The van der Waals surface area contributed by atoms with E-state index in [0.29, 0.717) is 0 Å². The number of alkyl halides is 2. The Balaban J connectivity index is 2.12. The fraction of sp³-hybridized carbons (Fsp3) is 0.412. The van der Waals surface area contributed by atoms with Crippen molar-refractivity contribution in [1.29, 1.82) is 0 Å². The van der Waals surface area contributed by atoms with Gasteiger partial charge in [0.15, 0.2) is 7.28 Å². The van der Waals surface area contributed by atoms with E-state index in [1.54, 1.807) is 0 Å². The molecule has 1 aromatic rings. The number of halogens is 2. The molecule has 1 unspecified atom stereocenters. The summed E-state index contributed by atoms with van der Waals surface area (Å²) < 4.78 is 27.2. The SMILES string of the molecule is C=C(C)c1cccc2c1CBC(NC(=C)C(F)(F)CC)C2. The number of hydrogen-bond donors (Lipinski definition) is 1. The predicted molar refractivity (Wildman–Crippen MR) is 87.0 cm³/mol. The van der Waals surface area contributed by atoms with Crippen molar-refractivity contribution in [3.05, 3.63) is 53.7 Å². The average Bonchev–Trinajstić information content (AvgIpc) is 2.46. The fourth-order valence-electron chi connectivity index (χ4n) is 2.90. The van der Waals surface area contributed by atoms with Gasteiger partial charge >= 0.3 is 0 Å². The molecule has 0 bridgehead atoms. The van der Waals surface area contributed by atoms with Crippen LogP contribution in [-0.4, -0.2) is 19.1 Å². The first-order chi connectivity index (χ1) is 9.85. The van der Waals surface area contributed by atoms with E-state index in [4.69, 9.17) is 0 Å². The lowest BCUT2D eigenvalue weighted by molar-refractivity contribution is 0.0303. The summed E-state index contributed by atoms with van der Waals surface area (Å²) in [5.74, 6) is -2.80. The number of allylic oxidation sites excluding steroid dienone is 2. The van der Waals surface area contributed by atoms with Gasteiger partial charge in [-0.25, -0.2) is 0 Å². The van der Waals surface area contributed by atoms with E-state index >= 15 is 0 Å². The molecule has 21 heavy (non-hydrogen) atoms. The van der Waals surface area contributed by atoms with Gasteiger partial charge < -0.3 is 5.32 Å². The van der Waals surface area contributed by atoms with Crippen molar-refractivity contribution in [2.24, 2.45) is 0 Å². The third kappa shape index (κ3) is 3.37. The first-order valence-corrected chi connectivity index (χ1v) is 7.45. The number of nitrogens with one attached hydrogen (secondary N) is 1. The molecule has 112 valence electrons. The Morgan fingerprint density at radius 2 is 2.14 bits per heavy atom. The Kier molecular flexibility index (Phi) is 4.55. The molecule has 0 saturated heterocycles. The quantitative estimate of drug-likeness (QED) is 0.815. The lowest BCUT2D eigenvalue weighted by Gasteiger charge is -2.30. The topological polar surface area (TPSA) is 12.0 Å². The van der Waals surface area contributed by atoms with Crippen molar-refractivity contribution in [2.75, 3.05) is 0 Å². The molecular weight excluding hydrogens is 267 g/mol. The zero-order valence-corrected chi connectivity index (χ0v) is 12.8.